The summed E-state index contributed by atoms with van der Waals surface area (Å²) >= 11 is 12.3. The predicted molar refractivity (Wildman–Crippen MR) is 125 cm³/mol. The van der Waals surface area contributed by atoms with Crippen molar-refractivity contribution in [3.05, 3.63) is 76.3 Å². The summed E-state index contributed by atoms with van der Waals surface area (Å²) in [6.07, 6.45) is 0.449. The summed E-state index contributed by atoms with van der Waals surface area (Å²) in [5.41, 5.74) is 0.701. The third kappa shape index (κ3) is 5.49. The van der Waals surface area contributed by atoms with E-state index in [1.165, 1.54) is 4.90 Å². The zero-order chi connectivity index (χ0) is 22.4. The molecule has 0 spiro atoms. The van der Waals surface area contributed by atoms with Crippen molar-refractivity contribution < 1.29 is 14.3 Å². The van der Waals surface area contributed by atoms with Crippen LogP contribution in [0.4, 0.5) is 0 Å². The predicted octanol–water partition coefficient (Wildman–Crippen LogP) is 5.08. The Morgan fingerprint density at radius 2 is 1.81 bits per heavy atom. The molecule has 162 valence electrons. The van der Waals surface area contributed by atoms with Crippen LogP contribution in [0.25, 0.3) is 10.8 Å². The highest BCUT2D eigenvalue weighted by atomic mass is 35.5. The first-order valence-electron chi connectivity index (χ1n) is 10.00. The van der Waals surface area contributed by atoms with Crippen LogP contribution in [-0.2, 0) is 16.1 Å². The second kappa shape index (κ2) is 10.5. The van der Waals surface area contributed by atoms with Crippen LogP contribution in [0.3, 0.4) is 0 Å². The van der Waals surface area contributed by atoms with Gasteiger partial charge in [-0.3, -0.25) is 9.59 Å². The van der Waals surface area contributed by atoms with E-state index in [4.69, 9.17) is 27.9 Å². The van der Waals surface area contributed by atoms with Gasteiger partial charge in [0.05, 0.1) is 0 Å². The van der Waals surface area contributed by atoms with Gasteiger partial charge in [0.15, 0.2) is 6.61 Å². The van der Waals surface area contributed by atoms with Crippen LogP contribution in [0.15, 0.2) is 60.7 Å². The largest absolute Gasteiger partial charge is 0.483 e. The summed E-state index contributed by atoms with van der Waals surface area (Å²) in [7, 11) is 1.55. The fourth-order valence-corrected chi connectivity index (χ4v) is 3.93. The maximum atomic E-state index is 13.2. The molecule has 3 rings (SSSR count). The van der Waals surface area contributed by atoms with Crippen LogP contribution in [0.5, 0.6) is 5.75 Å². The van der Waals surface area contributed by atoms with Gasteiger partial charge >= 0.3 is 0 Å². The van der Waals surface area contributed by atoms with Gasteiger partial charge in [-0.15, -0.1) is 0 Å². The molecule has 0 unspecified atom stereocenters. The Hall–Kier alpha value is -2.76. The third-order valence-electron chi connectivity index (χ3n) is 5.09. The van der Waals surface area contributed by atoms with E-state index in [2.05, 4.69) is 5.32 Å². The number of likely N-dealkylation sites (N-methyl/N-ethyl adjacent to an activating group) is 1. The number of nitrogens with one attached hydrogen (secondary N) is 1. The van der Waals surface area contributed by atoms with E-state index < -0.39 is 6.04 Å². The topological polar surface area (TPSA) is 58.6 Å². The third-order valence-corrected chi connectivity index (χ3v) is 5.68. The van der Waals surface area contributed by atoms with Crippen LogP contribution in [0.1, 0.15) is 18.9 Å². The van der Waals surface area contributed by atoms with Gasteiger partial charge in [0, 0.05) is 29.0 Å². The average Bonchev–Trinajstić information content (AvgIpc) is 2.78. The summed E-state index contributed by atoms with van der Waals surface area (Å²) in [5.74, 6) is 0.0596. The quantitative estimate of drug-likeness (QED) is 0.511. The van der Waals surface area contributed by atoms with E-state index in [1.54, 1.807) is 25.2 Å². The van der Waals surface area contributed by atoms with E-state index in [0.29, 0.717) is 27.8 Å². The first kappa shape index (κ1) is 22.9. The number of carbonyl (C=O) groups excluding carboxylic acids is 2. The maximum absolute atomic E-state index is 13.2. The first-order valence-corrected chi connectivity index (χ1v) is 10.8. The molecule has 1 N–H and O–H groups in total. The Bertz CT molecular complexity index is 1080. The first-order chi connectivity index (χ1) is 14.9. The number of benzene rings is 3. The number of hydrogen-bond donors (Lipinski definition) is 1. The molecule has 1 atom stereocenters. The zero-order valence-electron chi connectivity index (χ0n) is 17.4. The van der Waals surface area contributed by atoms with Crippen molar-refractivity contribution >= 4 is 45.8 Å². The summed E-state index contributed by atoms with van der Waals surface area (Å²) in [5, 5.41) is 5.51. The Morgan fingerprint density at radius 3 is 2.52 bits per heavy atom. The van der Waals surface area contributed by atoms with E-state index in [0.717, 1.165) is 10.8 Å². The molecule has 0 aliphatic heterocycles. The van der Waals surface area contributed by atoms with E-state index >= 15 is 0 Å². The minimum absolute atomic E-state index is 0.166. The molecular weight excluding hydrogens is 435 g/mol. The number of carbonyl (C=O) groups is 2. The molecule has 5 nitrogen and oxygen atoms in total. The van der Waals surface area contributed by atoms with Crippen molar-refractivity contribution in [3.8, 4) is 5.75 Å². The molecule has 0 fully saturated rings. The molecular formula is C24H24Cl2N2O3. The van der Waals surface area contributed by atoms with Crippen LogP contribution >= 0.6 is 23.2 Å². The second-order valence-electron chi connectivity index (χ2n) is 7.06. The number of nitrogens with zero attached hydrogens (tertiary/aromatic N) is 1. The minimum Gasteiger partial charge on any atom is -0.483 e. The number of ether oxygens (including phenoxy) is 1. The summed E-state index contributed by atoms with van der Waals surface area (Å²) in [6, 6.07) is 17.9. The van der Waals surface area contributed by atoms with E-state index in [1.807, 2.05) is 49.4 Å². The lowest BCUT2D eigenvalue weighted by Gasteiger charge is -2.30. The smallest absolute Gasteiger partial charge is 0.261 e. The Kier molecular flexibility index (Phi) is 7.77. The lowest BCUT2D eigenvalue weighted by molar-refractivity contribution is -0.142. The summed E-state index contributed by atoms with van der Waals surface area (Å²) in [6.45, 7) is 1.82. The molecule has 0 heterocycles. The lowest BCUT2D eigenvalue weighted by Crippen LogP contribution is -2.49. The van der Waals surface area contributed by atoms with Crippen LogP contribution in [-0.4, -0.2) is 36.4 Å². The zero-order valence-corrected chi connectivity index (χ0v) is 18.9. The molecule has 0 saturated carbocycles. The van der Waals surface area contributed by atoms with Crippen molar-refractivity contribution in [3.63, 3.8) is 0 Å². The molecule has 0 radical (unpaired) electrons. The molecule has 0 bridgehead atoms. The SMILES string of the molecule is CC[C@H](C(=O)NC)N(Cc1ccc(Cl)cc1Cl)C(=O)COc1cccc2ccccc12. The van der Waals surface area contributed by atoms with Gasteiger partial charge in [0.2, 0.25) is 5.91 Å². The van der Waals surface area contributed by atoms with Gasteiger partial charge in [0.25, 0.3) is 5.91 Å². The summed E-state index contributed by atoms with van der Waals surface area (Å²) < 4.78 is 5.88. The Morgan fingerprint density at radius 1 is 1.06 bits per heavy atom. The second-order valence-corrected chi connectivity index (χ2v) is 7.91. The van der Waals surface area contributed by atoms with Gasteiger partial charge in [0.1, 0.15) is 11.8 Å². The van der Waals surface area contributed by atoms with Gasteiger partial charge < -0.3 is 15.0 Å². The molecule has 7 heteroatoms. The maximum Gasteiger partial charge on any atom is 0.261 e. The van der Waals surface area contributed by atoms with Crippen LogP contribution in [0, 0.1) is 0 Å². The fraction of sp³-hybridized carbons (Fsp3) is 0.250. The highest BCUT2D eigenvalue weighted by Crippen LogP contribution is 2.26. The van der Waals surface area contributed by atoms with Crippen molar-refractivity contribution in [2.45, 2.75) is 25.9 Å². The van der Waals surface area contributed by atoms with E-state index in [-0.39, 0.29) is 25.0 Å². The van der Waals surface area contributed by atoms with Crippen molar-refractivity contribution in [1.29, 1.82) is 0 Å². The van der Waals surface area contributed by atoms with Crippen molar-refractivity contribution in [2.24, 2.45) is 0 Å². The molecule has 0 aliphatic carbocycles. The molecule has 3 aromatic carbocycles. The van der Waals surface area contributed by atoms with Gasteiger partial charge in [-0.05, 0) is 35.6 Å². The van der Waals surface area contributed by atoms with Gasteiger partial charge in [-0.2, -0.15) is 0 Å². The fourth-order valence-electron chi connectivity index (χ4n) is 3.46. The number of fused-ring (bicyclic) bond motifs is 1. The lowest BCUT2D eigenvalue weighted by atomic mass is 10.1. The minimum atomic E-state index is -0.652. The number of hydrogen-bond acceptors (Lipinski definition) is 3. The average molecular weight is 459 g/mol. The molecule has 3 aromatic rings. The Balaban J connectivity index is 1.85. The van der Waals surface area contributed by atoms with Gasteiger partial charge in [-0.1, -0.05) is 72.6 Å². The number of halogens is 2. The molecule has 0 saturated heterocycles. The van der Waals surface area contributed by atoms with Crippen LogP contribution in [0.2, 0.25) is 10.0 Å². The highest BCUT2D eigenvalue weighted by Gasteiger charge is 2.29. The molecule has 0 aliphatic rings. The standard InChI is InChI=1S/C24H24Cl2N2O3/c1-3-21(24(30)27-2)28(14-17-11-12-18(25)13-20(17)26)23(29)15-31-22-10-6-8-16-7-4-5-9-19(16)22/h4-13,21H,3,14-15H2,1-2H3,(H,27,30)/t21-/m1/s1. The monoisotopic (exact) mass is 458 g/mol. The number of rotatable bonds is 8. The highest BCUT2D eigenvalue weighted by molar-refractivity contribution is 6.35. The van der Waals surface area contributed by atoms with E-state index in [9.17, 15) is 9.59 Å². The summed E-state index contributed by atoms with van der Waals surface area (Å²) in [4.78, 5) is 27.2. The molecule has 31 heavy (non-hydrogen) atoms. The molecule has 2 amide bonds. The number of amides is 2. The molecule has 0 aromatic heterocycles. The van der Waals surface area contributed by atoms with Crippen LogP contribution < -0.4 is 10.1 Å². The van der Waals surface area contributed by atoms with Crippen molar-refractivity contribution in [2.75, 3.05) is 13.7 Å². The van der Waals surface area contributed by atoms with Crippen molar-refractivity contribution in [1.82, 2.24) is 10.2 Å². The Labute approximate surface area is 191 Å². The van der Waals surface area contributed by atoms with Gasteiger partial charge in [-0.25, -0.2) is 0 Å². The normalized spacial score (nSPS) is 11.7.